The molecular weight excluding hydrogens is 346 g/mol. The number of aromatic nitrogens is 3. The Balaban J connectivity index is 1.51. The maximum Gasteiger partial charge on any atom is 0.205 e. The SMILES string of the molecule is [C-]#[N+]c1cncc(-c2cnc(Nc3cc(N4CCNCC4)ccn3)s2)c1. The highest BCUT2D eigenvalue weighted by atomic mass is 32.1. The van der Waals surface area contributed by atoms with Crippen LogP contribution in [-0.2, 0) is 0 Å². The summed E-state index contributed by atoms with van der Waals surface area (Å²) >= 11 is 1.51. The molecule has 4 rings (SSSR count). The molecule has 0 atom stereocenters. The molecule has 4 heterocycles. The summed E-state index contributed by atoms with van der Waals surface area (Å²) in [6, 6.07) is 5.90. The molecular formula is C18H17N7S. The Hall–Kier alpha value is -3.02. The minimum atomic E-state index is 0.524. The molecule has 8 heteroatoms. The average molecular weight is 363 g/mol. The second-order valence-corrected chi connectivity index (χ2v) is 6.87. The maximum absolute atomic E-state index is 7.11. The molecule has 1 saturated heterocycles. The van der Waals surface area contributed by atoms with Crippen molar-refractivity contribution < 1.29 is 0 Å². The molecule has 0 aromatic carbocycles. The van der Waals surface area contributed by atoms with Gasteiger partial charge < -0.3 is 15.5 Å². The van der Waals surface area contributed by atoms with Gasteiger partial charge in [-0.2, -0.15) is 0 Å². The van der Waals surface area contributed by atoms with Crippen molar-refractivity contribution in [1.29, 1.82) is 0 Å². The molecule has 2 N–H and O–H groups in total. The fourth-order valence-electron chi connectivity index (χ4n) is 2.81. The molecule has 1 aliphatic heterocycles. The summed E-state index contributed by atoms with van der Waals surface area (Å²) in [5.74, 6) is 0.773. The standard InChI is InChI=1S/C18H17N7S/c1-19-14-8-13(10-21-11-14)16-12-23-18(26-16)24-17-9-15(2-3-22-17)25-6-4-20-5-7-25/h2-3,8-12,20H,4-7H2,(H,22,23,24). The number of nitrogens with one attached hydrogen (secondary N) is 2. The maximum atomic E-state index is 7.11. The summed E-state index contributed by atoms with van der Waals surface area (Å²) in [5.41, 5.74) is 2.58. The molecule has 0 spiro atoms. The van der Waals surface area contributed by atoms with Crippen LogP contribution in [0.1, 0.15) is 0 Å². The van der Waals surface area contributed by atoms with Crippen LogP contribution in [0, 0.1) is 6.57 Å². The van der Waals surface area contributed by atoms with Gasteiger partial charge in [-0.3, -0.25) is 4.98 Å². The van der Waals surface area contributed by atoms with Gasteiger partial charge >= 0.3 is 0 Å². The minimum Gasteiger partial charge on any atom is -0.369 e. The average Bonchev–Trinajstić information content (AvgIpc) is 3.17. The number of hydrogen-bond donors (Lipinski definition) is 2. The van der Waals surface area contributed by atoms with E-state index in [1.165, 1.54) is 11.3 Å². The molecule has 1 aliphatic rings. The lowest BCUT2D eigenvalue weighted by molar-refractivity contribution is 0.589. The van der Waals surface area contributed by atoms with Crippen molar-refractivity contribution in [3.8, 4) is 10.4 Å². The molecule has 130 valence electrons. The molecule has 26 heavy (non-hydrogen) atoms. The van der Waals surface area contributed by atoms with Crippen molar-refractivity contribution in [3.05, 3.63) is 54.4 Å². The van der Waals surface area contributed by atoms with Gasteiger partial charge in [-0.15, -0.1) is 0 Å². The number of hydrogen-bond acceptors (Lipinski definition) is 7. The molecule has 1 fully saturated rings. The van der Waals surface area contributed by atoms with E-state index in [1.807, 2.05) is 24.4 Å². The summed E-state index contributed by atoms with van der Waals surface area (Å²) in [6.07, 6.45) is 6.91. The van der Waals surface area contributed by atoms with Crippen molar-refractivity contribution in [2.24, 2.45) is 0 Å². The molecule has 0 amide bonds. The van der Waals surface area contributed by atoms with E-state index >= 15 is 0 Å². The van der Waals surface area contributed by atoms with Crippen LogP contribution in [0.2, 0.25) is 0 Å². The summed E-state index contributed by atoms with van der Waals surface area (Å²) < 4.78 is 0. The van der Waals surface area contributed by atoms with E-state index in [0.29, 0.717) is 5.69 Å². The molecule has 3 aromatic heterocycles. The zero-order valence-corrected chi connectivity index (χ0v) is 14.8. The van der Waals surface area contributed by atoms with Gasteiger partial charge in [0.15, 0.2) is 5.13 Å². The van der Waals surface area contributed by atoms with Crippen molar-refractivity contribution in [2.75, 3.05) is 36.4 Å². The first-order valence-corrected chi connectivity index (χ1v) is 9.11. The highest BCUT2D eigenvalue weighted by Crippen LogP contribution is 2.32. The fourth-order valence-corrected chi connectivity index (χ4v) is 3.61. The lowest BCUT2D eigenvalue weighted by Gasteiger charge is -2.29. The van der Waals surface area contributed by atoms with Crippen molar-refractivity contribution in [2.45, 2.75) is 0 Å². The van der Waals surface area contributed by atoms with Crippen molar-refractivity contribution in [3.63, 3.8) is 0 Å². The number of rotatable bonds is 4. The third-order valence-corrected chi connectivity index (χ3v) is 5.07. The Morgan fingerprint density at radius 3 is 2.88 bits per heavy atom. The van der Waals surface area contributed by atoms with Gasteiger partial charge in [0.05, 0.1) is 11.4 Å². The highest BCUT2D eigenvalue weighted by Gasteiger charge is 2.12. The van der Waals surface area contributed by atoms with Crippen LogP contribution in [0.25, 0.3) is 15.3 Å². The number of piperazine rings is 1. The zero-order valence-electron chi connectivity index (χ0n) is 14.0. The predicted molar refractivity (Wildman–Crippen MR) is 104 cm³/mol. The molecule has 0 unspecified atom stereocenters. The lowest BCUT2D eigenvalue weighted by atomic mass is 10.2. The van der Waals surface area contributed by atoms with Gasteiger partial charge in [0.2, 0.25) is 5.69 Å². The predicted octanol–water partition coefficient (Wildman–Crippen LogP) is 3.30. The first-order chi connectivity index (χ1) is 12.8. The lowest BCUT2D eigenvalue weighted by Crippen LogP contribution is -2.43. The van der Waals surface area contributed by atoms with E-state index in [2.05, 4.69) is 35.3 Å². The van der Waals surface area contributed by atoms with Crippen LogP contribution in [0.15, 0.2) is 43.0 Å². The fraction of sp³-hybridized carbons (Fsp3) is 0.222. The number of anilines is 3. The van der Waals surface area contributed by atoms with Crippen LogP contribution in [0.4, 0.5) is 22.3 Å². The molecule has 0 bridgehead atoms. The minimum absolute atomic E-state index is 0.524. The Morgan fingerprint density at radius 2 is 2.04 bits per heavy atom. The topological polar surface area (TPSA) is 70.3 Å². The summed E-state index contributed by atoms with van der Waals surface area (Å²) in [7, 11) is 0. The monoisotopic (exact) mass is 363 g/mol. The van der Waals surface area contributed by atoms with Gasteiger partial charge in [-0.1, -0.05) is 11.3 Å². The van der Waals surface area contributed by atoms with E-state index in [-0.39, 0.29) is 0 Å². The highest BCUT2D eigenvalue weighted by molar-refractivity contribution is 7.18. The number of nitrogens with zero attached hydrogens (tertiary/aromatic N) is 5. The van der Waals surface area contributed by atoms with Crippen molar-refractivity contribution in [1.82, 2.24) is 20.3 Å². The molecule has 3 aromatic rings. The normalized spacial score (nSPS) is 14.0. The van der Waals surface area contributed by atoms with Gasteiger partial charge in [-0.05, 0) is 12.1 Å². The van der Waals surface area contributed by atoms with Gasteiger partial charge in [0, 0.05) is 68.3 Å². The van der Waals surface area contributed by atoms with E-state index in [9.17, 15) is 0 Å². The van der Waals surface area contributed by atoms with E-state index in [1.54, 1.807) is 18.6 Å². The largest absolute Gasteiger partial charge is 0.369 e. The smallest absolute Gasteiger partial charge is 0.205 e. The summed E-state index contributed by atoms with van der Waals surface area (Å²) in [4.78, 5) is 19.7. The molecule has 0 radical (unpaired) electrons. The van der Waals surface area contributed by atoms with Crippen LogP contribution in [-0.4, -0.2) is 41.1 Å². The Morgan fingerprint density at radius 1 is 1.15 bits per heavy atom. The Kier molecular flexibility index (Phi) is 4.73. The van der Waals surface area contributed by atoms with Gasteiger partial charge in [0.1, 0.15) is 5.82 Å². The van der Waals surface area contributed by atoms with Crippen molar-refractivity contribution >= 4 is 33.7 Å². The first kappa shape index (κ1) is 16.4. The second kappa shape index (κ2) is 7.47. The zero-order chi connectivity index (χ0) is 17.8. The van der Waals surface area contributed by atoms with E-state index in [0.717, 1.165) is 53.3 Å². The number of pyridine rings is 2. The molecule has 0 saturated carbocycles. The Labute approximate surface area is 155 Å². The molecule has 0 aliphatic carbocycles. The van der Waals surface area contributed by atoms with Gasteiger partial charge in [-0.25, -0.2) is 14.8 Å². The summed E-state index contributed by atoms with van der Waals surface area (Å²) in [5, 5.41) is 7.40. The quantitative estimate of drug-likeness (QED) is 0.693. The van der Waals surface area contributed by atoms with E-state index < -0.39 is 0 Å². The summed E-state index contributed by atoms with van der Waals surface area (Å²) in [6.45, 7) is 11.1. The van der Waals surface area contributed by atoms with Crippen LogP contribution >= 0.6 is 11.3 Å². The first-order valence-electron chi connectivity index (χ1n) is 8.29. The van der Waals surface area contributed by atoms with Crippen LogP contribution in [0.3, 0.4) is 0 Å². The second-order valence-electron chi connectivity index (χ2n) is 5.83. The van der Waals surface area contributed by atoms with Gasteiger partial charge in [0.25, 0.3) is 0 Å². The third kappa shape index (κ3) is 3.64. The Bertz CT molecular complexity index is 940. The van der Waals surface area contributed by atoms with Crippen LogP contribution in [0.5, 0.6) is 0 Å². The van der Waals surface area contributed by atoms with Crippen LogP contribution < -0.4 is 15.5 Å². The molecule has 7 nitrogen and oxygen atoms in total. The van der Waals surface area contributed by atoms with E-state index in [4.69, 9.17) is 6.57 Å². The number of thiazole rings is 1. The third-order valence-electron chi connectivity index (χ3n) is 4.10.